The van der Waals surface area contributed by atoms with Gasteiger partial charge in [-0.1, -0.05) is 362 Å². The molecule has 0 unspecified atom stereocenters. The normalized spacial score (nSPS) is 11.6. The summed E-state index contributed by atoms with van der Waals surface area (Å²) < 4.78 is 0. The van der Waals surface area contributed by atoms with Crippen LogP contribution < -0.4 is 9.80 Å². The molecule has 0 aliphatic rings. The lowest BCUT2D eigenvalue weighted by Crippen LogP contribution is -2.11. The van der Waals surface area contributed by atoms with E-state index in [0.717, 1.165) is 89.8 Å². The summed E-state index contributed by atoms with van der Waals surface area (Å²) in [6, 6.07) is 114. The molecule has 0 N–H and O–H groups in total. The lowest BCUT2D eigenvalue weighted by atomic mass is 9.96. The van der Waals surface area contributed by atoms with Crippen molar-refractivity contribution in [1.82, 2.24) is 0 Å². The van der Waals surface area contributed by atoms with Gasteiger partial charge in [0.05, 0.1) is 0 Å². The SMILES string of the molecule is Cc1ccc(C(=CC=Cc2ccc(C=Cc3ccc(N(c4ccc(C=Cc5ccc(C=Cc6ccc(N(c7ccc(C=Cc8ccc(C=CC=C(c9ccc(C)cc9)c9ccc(C)cc9)cc8)cc7)c7ccccc7C)cc6)cc5)cc4)c4ccccc4C)cc3)cc2)c2ccc(C)cc2)cc1. The number of hydrogen-bond acceptors (Lipinski definition) is 2. The van der Waals surface area contributed by atoms with Crippen molar-refractivity contribution in [3.8, 4) is 0 Å². The van der Waals surface area contributed by atoms with Crippen molar-refractivity contribution in [2.45, 2.75) is 41.5 Å². The van der Waals surface area contributed by atoms with Crippen LogP contribution in [0.4, 0.5) is 34.1 Å². The highest BCUT2D eigenvalue weighted by Crippen LogP contribution is 2.39. The Labute approximate surface area is 604 Å². The van der Waals surface area contributed by atoms with Gasteiger partial charge in [-0.2, -0.15) is 0 Å². The van der Waals surface area contributed by atoms with Gasteiger partial charge in [-0.3, -0.25) is 0 Å². The van der Waals surface area contributed by atoms with Crippen LogP contribution >= 0.6 is 0 Å². The van der Waals surface area contributed by atoms with Crippen LogP contribution in [0.2, 0.25) is 0 Å². The molecule has 0 spiro atoms. The molecule has 0 fully saturated rings. The summed E-state index contributed by atoms with van der Waals surface area (Å²) >= 11 is 0. The van der Waals surface area contributed by atoms with Crippen molar-refractivity contribution < 1.29 is 0 Å². The minimum absolute atomic E-state index is 1.10. The summed E-state index contributed by atoms with van der Waals surface area (Å²) in [5.74, 6) is 0. The fourth-order valence-electron chi connectivity index (χ4n) is 12.5. The Morgan fingerprint density at radius 3 is 0.588 bits per heavy atom. The number of benzene rings is 13. The van der Waals surface area contributed by atoms with E-state index in [9.17, 15) is 0 Å². The largest absolute Gasteiger partial charge is 0.310 e. The monoisotopic (exact) mass is 1310 g/mol. The van der Waals surface area contributed by atoms with Crippen LogP contribution in [0.25, 0.3) is 71.9 Å². The number of anilines is 6. The number of hydrogen-bond donors (Lipinski definition) is 0. The molecule has 13 aromatic carbocycles. The molecule has 0 amide bonds. The van der Waals surface area contributed by atoms with E-state index in [1.807, 2.05) is 0 Å². The molecule has 13 aromatic rings. The molecule has 0 radical (unpaired) electrons. The Hall–Kier alpha value is -12.6. The molecule has 0 heterocycles. The van der Waals surface area contributed by atoms with E-state index >= 15 is 0 Å². The van der Waals surface area contributed by atoms with Gasteiger partial charge in [0, 0.05) is 34.1 Å². The average molecular weight is 1310 g/mol. The molecular formula is C100H84N2. The summed E-state index contributed by atoms with van der Waals surface area (Å²) in [4.78, 5) is 4.69. The first-order valence-electron chi connectivity index (χ1n) is 35.2. The fraction of sp³-hybridized carbons (Fsp3) is 0.0600. The lowest BCUT2D eigenvalue weighted by Gasteiger charge is -2.27. The van der Waals surface area contributed by atoms with Gasteiger partial charge >= 0.3 is 0 Å². The number of nitrogens with zero attached hydrogens (tertiary/aromatic N) is 2. The molecule has 0 saturated carbocycles. The molecule has 0 aromatic heterocycles. The van der Waals surface area contributed by atoms with Crippen molar-refractivity contribution in [2.75, 3.05) is 9.80 Å². The maximum absolute atomic E-state index is 2.34. The predicted octanol–water partition coefficient (Wildman–Crippen LogP) is 27.4. The average Bonchev–Trinajstić information content (AvgIpc) is 0.809. The number of allylic oxidation sites excluding steroid dienone is 4. The summed E-state index contributed by atoms with van der Waals surface area (Å²) in [6.07, 6.45) is 30.6. The molecule has 102 heavy (non-hydrogen) atoms. The van der Waals surface area contributed by atoms with E-state index in [-0.39, 0.29) is 0 Å². The summed E-state index contributed by atoms with van der Waals surface area (Å²) in [7, 11) is 0. The Morgan fingerprint density at radius 1 is 0.196 bits per heavy atom. The molecule has 494 valence electrons. The topological polar surface area (TPSA) is 6.48 Å². The standard InChI is InChI=1S/C100H84N2/c1-73-21-57-89(58-22-73)97(90-59-23-74(2)24-60-90)17-11-15-79-29-33-81(34-30-79)41-45-85-49-65-93(66-50-85)101(99-19-9-7-13-77(99)5)95-69-53-87(54-70-95)47-43-83-37-39-84(40-38-83)44-48-88-55-71-96(72-56-88)102(100-20-10-8-14-78(100)6)94-67-51-86(52-68-94)46-42-82-35-31-80(32-36-82)16-12-18-98(91-61-25-75(3)26-62-91)92-63-27-76(4)28-64-92/h7-72H,1-6H3. The Morgan fingerprint density at radius 2 is 0.382 bits per heavy atom. The van der Waals surface area contributed by atoms with Crippen molar-refractivity contribution in [2.24, 2.45) is 0 Å². The molecular weight excluding hydrogens is 1230 g/mol. The Kier molecular flexibility index (Phi) is 21.9. The summed E-state index contributed by atoms with van der Waals surface area (Å²) in [6.45, 7) is 12.9. The van der Waals surface area contributed by atoms with E-state index in [1.54, 1.807) is 0 Å². The van der Waals surface area contributed by atoms with E-state index in [4.69, 9.17) is 0 Å². The van der Waals surface area contributed by atoms with Gasteiger partial charge in [0.25, 0.3) is 0 Å². The third-order valence-corrected chi connectivity index (χ3v) is 18.6. The van der Waals surface area contributed by atoms with E-state index in [2.05, 4.69) is 452 Å². The van der Waals surface area contributed by atoms with Crippen LogP contribution in [0.1, 0.15) is 111 Å². The summed E-state index contributed by atoms with van der Waals surface area (Å²) in [5, 5.41) is 0. The minimum atomic E-state index is 1.10. The van der Waals surface area contributed by atoms with Crippen molar-refractivity contribution in [1.29, 1.82) is 0 Å². The summed E-state index contributed by atoms with van der Waals surface area (Å²) in [5.41, 5.74) is 32.8. The van der Waals surface area contributed by atoms with Gasteiger partial charge in [0.2, 0.25) is 0 Å². The molecule has 0 saturated heterocycles. The third-order valence-electron chi connectivity index (χ3n) is 18.6. The number of aryl methyl sites for hydroxylation is 6. The van der Waals surface area contributed by atoms with E-state index in [1.165, 1.54) is 66.8 Å². The van der Waals surface area contributed by atoms with Gasteiger partial charge in [0.15, 0.2) is 0 Å². The van der Waals surface area contributed by atoms with Gasteiger partial charge in [-0.15, -0.1) is 0 Å². The Bertz CT molecular complexity index is 4760. The molecule has 0 atom stereocenters. The first-order valence-corrected chi connectivity index (χ1v) is 35.2. The zero-order valence-electron chi connectivity index (χ0n) is 59.0. The fourth-order valence-corrected chi connectivity index (χ4v) is 12.5. The quantitative estimate of drug-likeness (QED) is 0.0493. The zero-order valence-corrected chi connectivity index (χ0v) is 59.0. The zero-order chi connectivity index (χ0) is 70.0. The van der Waals surface area contributed by atoms with Crippen molar-refractivity contribution in [3.05, 3.63) is 451 Å². The van der Waals surface area contributed by atoms with Crippen LogP contribution in [-0.4, -0.2) is 0 Å². The first kappa shape index (κ1) is 67.9. The van der Waals surface area contributed by atoms with Crippen molar-refractivity contribution >= 4 is 106 Å². The van der Waals surface area contributed by atoms with Crippen LogP contribution in [0.5, 0.6) is 0 Å². The van der Waals surface area contributed by atoms with Gasteiger partial charge < -0.3 is 9.80 Å². The van der Waals surface area contributed by atoms with Gasteiger partial charge in [-0.05, 0) is 202 Å². The predicted molar refractivity (Wildman–Crippen MR) is 444 cm³/mol. The first-order chi connectivity index (χ1) is 50.0. The molecule has 2 heteroatoms. The molecule has 2 nitrogen and oxygen atoms in total. The Balaban J connectivity index is 0.620. The number of para-hydroxylation sites is 2. The van der Waals surface area contributed by atoms with Crippen LogP contribution in [0.3, 0.4) is 0 Å². The van der Waals surface area contributed by atoms with Gasteiger partial charge in [-0.25, -0.2) is 0 Å². The smallest absolute Gasteiger partial charge is 0.0490 e. The second-order valence-electron chi connectivity index (χ2n) is 26.3. The molecule has 0 aliphatic heterocycles. The second kappa shape index (κ2) is 32.8. The molecule has 0 aliphatic carbocycles. The van der Waals surface area contributed by atoms with Crippen LogP contribution in [-0.2, 0) is 0 Å². The highest BCUT2D eigenvalue weighted by Gasteiger charge is 2.17. The highest BCUT2D eigenvalue weighted by molar-refractivity contribution is 5.86. The van der Waals surface area contributed by atoms with E-state index < -0.39 is 0 Å². The minimum Gasteiger partial charge on any atom is -0.310 e. The maximum Gasteiger partial charge on any atom is 0.0490 e. The third kappa shape index (κ3) is 17.8. The van der Waals surface area contributed by atoms with Crippen LogP contribution in [0, 0.1) is 41.5 Å². The van der Waals surface area contributed by atoms with E-state index in [0.29, 0.717) is 0 Å². The highest BCUT2D eigenvalue weighted by atomic mass is 15.1. The second-order valence-corrected chi connectivity index (χ2v) is 26.3. The van der Waals surface area contributed by atoms with Gasteiger partial charge in [0.1, 0.15) is 0 Å². The molecule has 0 bridgehead atoms. The van der Waals surface area contributed by atoms with Crippen LogP contribution in [0.15, 0.2) is 340 Å². The number of rotatable bonds is 22. The molecule has 13 rings (SSSR count). The lowest BCUT2D eigenvalue weighted by molar-refractivity contribution is 1.25. The van der Waals surface area contributed by atoms with Crippen molar-refractivity contribution in [3.63, 3.8) is 0 Å². The maximum atomic E-state index is 2.34.